The van der Waals surface area contributed by atoms with Gasteiger partial charge in [-0.2, -0.15) is 4.37 Å². The summed E-state index contributed by atoms with van der Waals surface area (Å²) in [4.78, 5) is 10.9. The molecule has 1 aromatic heterocycles. The van der Waals surface area contributed by atoms with Crippen LogP contribution in [0.2, 0.25) is 0 Å². The number of hydrogen-bond acceptors (Lipinski definition) is 4. The van der Waals surface area contributed by atoms with Crippen LogP contribution in [0.15, 0.2) is 30.3 Å². The van der Waals surface area contributed by atoms with Gasteiger partial charge in [-0.1, -0.05) is 0 Å². The second-order valence-electron chi connectivity index (χ2n) is 3.30. The number of rotatable bonds is 3. The topological polar surface area (TPSA) is 39.2 Å². The molecule has 94 valence electrons. The average molecular weight is 273 g/mol. The van der Waals surface area contributed by atoms with E-state index in [1.54, 1.807) is 6.07 Å². The zero-order chi connectivity index (χ0) is 13.2. The zero-order valence-corrected chi connectivity index (χ0v) is 9.59. The molecule has 1 heterocycles. The van der Waals surface area contributed by atoms with Gasteiger partial charge in [0.2, 0.25) is 0 Å². The zero-order valence-electron chi connectivity index (χ0n) is 8.77. The Morgan fingerprint density at radius 3 is 2.39 bits per heavy atom. The van der Waals surface area contributed by atoms with Crippen molar-refractivity contribution in [2.24, 2.45) is 0 Å². The number of carbonyl (C=O) groups is 1. The molecule has 0 aliphatic rings. The van der Waals surface area contributed by atoms with Gasteiger partial charge in [0.15, 0.2) is 6.29 Å². The van der Waals surface area contributed by atoms with E-state index in [9.17, 15) is 18.0 Å². The van der Waals surface area contributed by atoms with Crippen molar-refractivity contribution in [1.82, 2.24) is 4.37 Å². The van der Waals surface area contributed by atoms with E-state index in [0.29, 0.717) is 22.4 Å². The van der Waals surface area contributed by atoms with E-state index in [4.69, 9.17) is 0 Å². The fourth-order valence-electron chi connectivity index (χ4n) is 1.31. The van der Waals surface area contributed by atoms with Crippen molar-refractivity contribution in [3.63, 3.8) is 0 Å². The third-order valence-corrected chi connectivity index (χ3v) is 2.74. The van der Waals surface area contributed by atoms with E-state index >= 15 is 0 Å². The second kappa shape index (κ2) is 4.77. The number of hydrogen-bond donors (Lipinski definition) is 0. The third kappa shape index (κ3) is 3.07. The number of halogens is 3. The molecule has 18 heavy (non-hydrogen) atoms. The van der Waals surface area contributed by atoms with Crippen LogP contribution in [0.5, 0.6) is 5.75 Å². The summed E-state index contributed by atoms with van der Waals surface area (Å²) < 4.78 is 43.6. The summed E-state index contributed by atoms with van der Waals surface area (Å²) in [6.07, 6.45) is -4.03. The van der Waals surface area contributed by atoms with Crippen LogP contribution < -0.4 is 4.74 Å². The van der Waals surface area contributed by atoms with Crippen LogP contribution in [-0.4, -0.2) is 17.0 Å². The van der Waals surface area contributed by atoms with Gasteiger partial charge in [0, 0.05) is 5.56 Å². The van der Waals surface area contributed by atoms with Gasteiger partial charge in [0.05, 0.1) is 10.6 Å². The molecule has 2 rings (SSSR count). The highest BCUT2D eigenvalue weighted by molar-refractivity contribution is 7.07. The van der Waals surface area contributed by atoms with Crippen LogP contribution in [0.3, 0.4) is 0 Å². The Balaban J connectivity index is 2.19. The van der Waals surface area contributed by atoms with E-state index in [-0.39, 0.29) is 5.75 Å². The smallest absolute Gasteiger partial charge is 0.406 e. The standard InChI is InChI=1S/C11H6F3NO2S/c12-11(13,14)17-8-3-1-7(2-4-8)10-5-9(6-16)18-15-10/h1-6H. The minimum atomic E-state index is -4.70. The number of benzene rings is 1. The molecule has 7 heteroatoms. The fraction of sp³-hybridized carbons (Fsp3) is 0.0909. The molecular formula is C11H6F3NO2S. The number of aldehydes is 1. The van der Waals surface area contributed by atoms with Crippen LogP contribution in [-0.2, 0) is 0 Å². The van der Waals surface area contributed by atoms with Crippen molar-refractivity contribution < 1.29 is 22.7 Å². The predicted molar refractivity (Wildman–Crippen MR) is 59.6 cm³/mol. The molecule has 0 amide bonds. The van der Waals surface area contributed by atoms with Gasteiger partial charge in [-0.25, -0.2) is 0 Å². The van der Waals surface area contributed by atoms with Gasteiger partial charge >= 0.3 is 6.36 Å². The Kier molecular flexibility index (Phi) is 3.33. The Labute approximate surface area is 104 Å². The van der Waals surface area contributed by atoms with Crippen LogP contribution in [0.25, 0.3) is 11.3 Å². The molecule has 0 N–H and O–H groups in total. The Morgan fingerprint density at radius 2 is 1.89 bits per heavy atom. The first-order chi connectivity index (χ1) is 8.48. The molecule has 0 saturated heterocycles. The van der Waals surface area contributed by atoms with Gasteiger partial charge in [-0.05, 0) is 41.9 Å². The van der Waals surface area contributed by atoms with Crippen LogP contribution >= 0.6 is 11.5 Å². The molecule has 0 aliphatic heterocycles. The van der Waals surface area contributed by atoms with Gasteiger partial charge in [0.1, 0.15) is 5.75 Å². The molecule has 0 saturated carbocycles. The van der Waals surface area contributed by atoms with E-state index in [0.717, 1.165) is 11.5 Å². The normalized spacial score (nSPS) is 11.3. The van der Waals surface area contributed by atoms with Crippen molar-refractivity contribution in [3.05, 3.63) is 35.2 Å². The molecule has 1 aromatic carbocycles. The number of alkyl halides is 3. The average Bonchev–Trinajstić information content (AvgIpc) is 2.76. The molecule has 0 spiro atoms. The van der Waals surface area contributed by atoms with Crippen LogP contribution in [0.4, 0.5) is 13.2 Å². The van der Waals surface area contributed by atoms with Gasteiger partial charge in [-0.15, -0.1) is 13.2 Å². The first kappa shape index (κ1) is 12.6. The summed E-state index contributed by atoms with van der Waals surface area (Å²) in [5.41, 5.74) is 1.16. The maximum absolute atomic E-state index is 11.9. The Morgan fingerprint density at radius 1 is 1.22 bits per heavy atom. The Hall–Kier alpha value is -1.89. The van der Waals surface area contributed by atoms with Gasteiger partial charge in [-0.3, -0.25) is 4.79 Å². The SMILES string of the molecule is O=Cc1cc(-c2ccc(OC(F)(F)F)cc2)ns1. The first-order valence-electron chi connectivity index (χ1n) is 4.76. The van der Waals surface area contributed by atoms with Crippen molar-refractivity contribution in [2.75, 3.05) is 0 Å². The largest absolute Gasteiger partial charge is 0.573 e. The van der Waals surface area contributed by atoms with Crippen molar-refractivity contribution in [2.45, 2.75) is 6.36 Å². The maximum atomic E-state index is 11.9. The number of aromatic nitrogens is 1. The van der Waals surface area contributed by atoms with Crippen molar-refractivity contribution in [3.8, 4) is 17.0 Å². The number of carbonyl (C=O) groups excluding carboxylic acids is 1. The highest BCUT2D eigenvalue weighted by Crippen LogP contribution is 2.26. The van der Waals surface area contributed by atoms with E-state index in [1.165, 1.54) is 24.3 Å². The van der Waals surface area contributed by atoms with E-state index in [1.807, 2.05) is 0 Å². The lowest BCUT2D eigenvalue weighted by Crippen LogP contribution is -2.16. The summed E-state index contributed by atoms with van der Waals surface area (Å²) in [5.74, 6) is -0.294. The molecule has 2 aromatic rings. The molecule has 0 radical (unpaired) electrons. The lowest BCUT2D eigenvalue weighted by molar-refractivity contribution is -0.274. The molecule has 0 bridgehead atoms. The molecule has 0 fully saturated rings. The van der Waals surface area contributed by atoms with Crippen LogP contribution in [0, 0.1) is 0 Å². The van der Waals surface area contributed by atoms with Gasteiger partial charge < -0.3 is 4.74 Å². The minimum absolute atomic E-state index is 0.294. The van der Waals surface area contributed by atoms with Crippen LogP contribution in [0.1, 0.15) is 9.67 Å². The molecule has 0 aliphatic carbocycles. The second-order valence-corrected chi connectivity index (χ2v) is 4.14. The molecule has 3 nitrogen and oxygen atoms in total. The highest BCUT2D eigenvalue weighted by Gasteiger charge is 2.30. The lowest BCUT2D eigenvalue weighted by atomic mass is 10.1. The quantitative estimate of drug-likeness (QED) is 0.803. The number of ether oxygens (including phenoxy) is 1. The predicted octanol–water partition coefficient (Wildman–Crippen LogP) is 3.52. The number of nitrogens with zero attached hydrogens (tertiary/aromatic N) is 1. The third-order valence-electron chi connectivity index (χ3n) is 2.03. The van der Waals surface area contributed by atoms with Crippen molar-refractivity contribution >= 4 is 17.8 Å². The monoisotopic (exact) mass is 273 g/mol. The fourth-order valence-corrected chi connectivity index (χ4v) is 1.88. The summed E-state index contributed by atoms with van der Waals surface area (Å²) in [5, 5.41) is 0. The highest BCUT2D eigenvalue weighted by atomic mass is 32.1. The minimum Gasteiger partial charge on any atom is -0.406 e. The van der Waals surface area contributed by atoms with Gasteiger partial charge in [0.25, 0.3) is 0 Å². The maximum Gasteiger partial charge on any atom is 0.573 e. The molecule has 0 atom stereocenters. The molecule has 0 unspecified atom stereocenters. The molecular weight excluding hydrogens is 267 g/mol. The Bertz CT molecular complexity index is 548. The summed E-state index contributed by atoms with van der Waals surface area (Å²) in [7, 11) is 0. The summed E-state index contributed by atoms with van der Waals surface area (Å²) in [6.45, 7) is 0. The lowest BCUT2D eigenvalue weighted by Gasteiger charge is -2.08. The summed E-state index contributed by atoms with van der Waals surface area (Å²) in [6, 6.07) is 6.86. The summed E-state index contributed by atoms with van der Waals surface area (Å²) >= 11 is 1.03. The van der Waals surface area contributed by atoms with Crippen molar-refractivity contribution in [1.29, 1.82) is 0 Å². The first-order valence-corrected chi connectivity index (χ1v) is 5.53. The van der Waals surface area contributed by atoms with E-state index < -0.39 is 6.36 Å². The van der Waals surface area contributed by atoms with E-state index in [2.05, 4.69) is 9.11 Å².